The van der Waals surface area contributed by atoms with E-state index in [0.29, 0.717) is 0 Å². The summed E-state index contributed by atoms with van der Waals surface area (Å²) in [7, 11) is -1.60. The summed E-state index contributed by atoms with van der Waals surface area (Å²) < 4.78 is 22.8. The fraction of sp³-hybridized carbons (Fsp3) is 0.857. The Hall–Kier alpha value is -0.620. The highest BCUT2D eigenvalue weighted by Gasteiger charge is 2.52. The summed E-state index contributed by atoms with van der Waals surface area (Å²) in [6.07, 6.45) is 0.266. The Morgan fingerprint density at radius 3 is 2.31 bits per heavy atom. The van der Waals surface area contributed by atoms with Crippen LogP contribution in [0.25, 0.3) is 0 Å². The molecule has 0 saturated carbocycles. The predicted octanol–water partition coefficient (Wildman–Crippen LogP) is -1.36. The first-order valence-corrected chi connectivity index (χ1v) is 5.79. The maximum Gasteiger partial charge on any atom is 0.239 e. The average Bonchev–Trinajstić information content (AvgIpc) is 2.26. The SMILES string of the molecule is CNC1(C(N)=O)CCS(=O)(=O)C1C. The molecule has 1 saturated heterocycles. The Morgan fingerprint density at radius 2 is 2.15 bits per heavy atom. The number of sulfone groups is 1. The molecular formula is C7H14N2O3S. The number of amides is 1. The van der Waals surface area contributed by atoms with Crippen LogP contribution in [-0.4, -0.2) is 37.9 Å². The van der Waals surface area contributed by atoms with Crippen molar-refractivity contribution in [2.45, 2.75) is 24.1 Å². The Morgan fingerprint density at radius 1 is 1.62 bits per heavy atom. The Kier molecular flexibility index (Phi) is 2.38. The molecule has 1 fully saturated rings. The predicted molar refractivity (Wildman–Crippen MR) is 48.9 cm³/mol. The first kappa shape index (κ1) is 10.5. The Balaban J connectivity index is 3.14. The van der Waals surface area contributed by atoms with Crippen LogP contribution in [0.1, 0.15) is 13.3 Å². The van der Waals surface area contributed by atoms with E-state index in [4.69, 9.17) is 5.73 Å². The van der Waals surface area contributed by atoms with Crippen molar-refractivity contribution >= 4 is 15.7 Å². The summed E-state index contributed by atoms with van der Waals surface area (Å²) in [6.45, 7) is 1.52. The molecule has 0 spiro atoms. The first-order chi connectivity index (χ1) is 5.87. The van der Waals surface area contributed by atoms with Crippen molar-refractivity contribution in [2.24, 2.45) is 5.73 Å². The molecule has 0 bridgehead atoms. The third-order valence-electron chi connectivity index (χ3n) is 2.90. The highest BCUT2D eigenvalue weighted by Crippen LogP contribution is 2.30. The first-order valence-electron chi connectivity index (χ1n) is 4.07. The number of rotatable bonds is 2. The highest BCUT2D eigenvalue weighted by molar-refractivity contribution is 7.92. The number of likely N-dealkylation sites (N-methyl/N-ethyl adjacent to an activating group) is 1. The largest absolute Gasteiger partial charge is 0.368 e. The van der Waals surface area contributed by atoms with Gasteiger partial charge in [-0.3, -0.25) is 4.79 Å². The zero-order valence-corrected chi connectivity index (χ0v) is 8.52. The van der Waals surface area contributed by atoms with Gasteiger partial charge in [0.2, 0.25) is 5.91 Å². The number of carbonyl (C=O) groups is 1. The zero-order valence-electron chi connectivity index (χ0n) is 7.70. The van der Waals surface area contributed by atoms with Gasteiger partial charge < -0.3 is 11.1 Å². The van der Waals surface area contributed by atoms with E-state index < -0.39 is 26.5 Å². The molecule has 1 aliphatic heterocycles. The van der Waals surface area contributed by atoms with Crippen molar-refractivity contribution in [3.63, 3.8) is 0 Å². The van der Waals surface area contributed by atoms with Crippen LogP contribution < -0.4 is 11.1 Å². The number of nitrogens with one attached hydrogen (secondary N) is 1. The van der Waals surface area contributed by atoms with E-state index in [1.54, 1.807) is 7.05 Å². The molecule has 0 aromatic heterocycles. The number of primary amides is 1. The summed E-state index contributed by atoms with van der Waals surface area (Å²) in [4.78, 5) is 11.1. The van der Waals surface area contributed by atoms with Gasteiger partial charge >= 0.3 is 0 Å². The Labute approximate surface area is 77.6 Å². The summed E-state index contributed by atoms with van der Waals surface area (Å²) in [5, 5.41) is 1.99. The van der Waals surface area contributed by atoms with Gasteiger partial charge in [-0.25, -0.2) is 8.42 Å². The van der Waals surface area contributed by atoms with Crippen LogP contribution in [-0.2, 0) is 14.6 Å². The molecule has 3 N–H and O–H groups in total. The minimum atomic E-state index is -3.15. The van der Waals surface area contributed by atoms with Gasteiger partial charge in [0, 0.05) is 0 Å². The van der Waals surface area contributed by atoms with Crippen molar-refractivity contribution in [3.05, 3.63) is 0 Å². The van der Waals surface area contributed by atoms with Crippen molar-refractivity contribution in [1.82, 2.24) is 5.32 Å². The van der Waals surface area contributed by atoms with E-state index >= 15 is 0 Å². The molecular weight excluding hydrogens is 192 g/mol. The molecule has 0 radical (unpaired) electrons. The minimum Gasteiger partial charge on any atom is -0.368 e. The van der Waals surface area contributed by atoms with E-state index in [-0.39, 0.29) is 12.2 Å². The van der Waals surface area contributed by atoms with E-state index in [0.717, 1.165) is 0 Å². The lowest BCUT2D eigenvalue weighted by molar-refractivity contribution is -0.124. The smallest absolute Gasteiger partial charge is 0.239 e. The van der Waals surface area contributed by atoms with E-state index in [1.807, 2.05) is 0 Å². The van der Waals surface area contributed by atoms with Crippen LogP contribution in [0.15, 0.2) is 0 Å². The maximum absolute atomic E-state index is 11.4. The summed E-state index contributed by atoms with van der Waals surface area (Å²) in [5.74, 6) is -0.568. The molecule has 6 heteroatoms. The van der Waals surface area contributed by atoms with Crippen molar-refractivity contribution in [1.29, 1.82) is 0 Å². The average molecular weight is 206 g/mol. The molecule has 0 aliphatic carbocycles. The summed E-state index contributed by atoms with van der Waals surface area (Å²) >= 11 is 0. The van der Waals surface area contributed by atoms with Gasteiger partial charge in [0.1, 0.15) is 5.54 Å². The second kappa shape index (κ2) is 2.95. The van der Waals surface area contributed by atoms with Gasteiger partial charge in [0.25, 0.3) is 0 Å². The van der Waals surface area contributed by atoms with Crippen LogP contribution in [0.4, 0.5) is 0 Å². The molecule has 0 aromatic carbocycles. The van der Waals surface area contributed by atoms with Gasteiger partial charge in [-0.05, 0) is 20.4 Å². The second-order valence-corrected chi connectivity index (χ2v) is 5.79. The summed E-state index contributed by atoms with van der Waals surface area (Å²) in [6, 6.07) is 0. The van der Waals surface area contributed by atoms with Crippen molar-refractivity contribution in [2.75, 3.05) is 12.8 Å². The number of carbonyl (C=O) groups excluding carboxylic acids is 1. The van der Waals surface area contributed by atoms with Crippen LogP contribution in [0.3, 0.4) is 0 Å². The minimum absolute atomic E-state index is 0.0257. The van der Waals surface area contributed by atoms with Gasteiger partial charge in [-0.1, -0.05) is 0 Å². The van der Waals surface area contributed by atoms with Gasteiger partial charge in [0.15, 0.2) is 9.84 Å². The number of hydrogen-bond acceptors (Lipinski definition) is 4. The van der Waals surface area contributed by atoms with Gasteiger partial charge in [-0.15, -0.1) is 0 Å². The van der Waals surface area contributed by atoms with Crippen LogP contribution in [0, 0.1) is 0 Å². The van der Waals surface area contributed by atoms with Gasteiger partial charge in [0.05, 0.1) is 11.0 Å². The number of nitrogens with two attached hydrogens (primary N) is 1. The molecule has 1 aliphatic rings. The molecule has 1 amide bonds. The van der Waals surface area contributed by atoms with E-state index in [9.17, 15) is 13.2 Å². The van der Waals surface area contributed by atoms with Crippen LogP contribution in [0.2, 0.25) is 0 Å². The lowest BCUT2D eigenvalue weighted by Crippen LogP contribution is -2.59. The van der Waals surface area contributed by atoms with Crippen LogP contribution >= 0.6 is 0 Å². The maximum atomic E-state index is 11.4. The lowest BCUT2D eigenvalue weighted by Gasteiger charge is -2.27. The molecule has 1 heterocycles. The normalized spacial score (nSPS) is 37.5. The molecule has 0 aromatic rings. The van der Waals surface area contributed by atoms with Crippen molar-refractivity contribution < 1.29 is 13.2 Å². The van der Waals surface area contributed by atoms with E-state index in [1.165, 1.54) is 6.92 Å². The number of hydrogen-bond donors (Lipinski definition) is 2. The van der Waals surface area contributed by atoms with E-state index in [2.05, 4.69) is 5.32 Å². The standard InChI is InChI=1S/C7H14N2O3S/c1-5-7(9-2,6(8)10)3-4-13(5,11)12/h5,9H,3-4H2,1-2H3,(H2,8,10). The lowest BCUT2D eigenvalue weighted by atomic mass is 9.92. The third-order valence-corrected chi connectivity index (χ3v) is 5.15. The second-order valence-electron chi connectivity index (χ2n) is 3.34. The Bertz CT molecular complexity index is 325. The molecule has 76 valence electrons. The molecule has 5 nitrogen and oxygen atoms in total. The highest BCUT2D eigenvalue weighted by atomic mass is 32.2. The zero-order chi connectivity index (χ0) is 10.3. The van der Waals surface area contributed by atoms with Gasteiger partial charge in [-0.2, -0.15) is 0 Å². The quantitative estimate of drug-likeness (QED) is 0.584. The molecule has 1 rings (SSSR count). The third kappa shape index (κ3) is 1.34. The molecule has 2 atom stereocenters. The fourth-order valence-corrected chi connectivity index (χ4v) is 3.69. The summed E-state index contributed by atoms with van der Waals surface area (Å²) in [5.41, 5.74) is 4.12. The monoisotopic (exact) mass is 206 g/mol. The van der Waals surface area contributed by atoms with Crippen molar-refractivity contribution in [3.8, 4) is 0 Å². The molecule has 13 heavy (non-hydrogen) atoms. The molecule has 2 unspecified atom stereocenters. The van der Waals surface area contributed by atoms with Crippen LogP contribution in [0.5, 0.6) is 0 Å². The topological polar surface area (TPSA) is 89.3 Å². The fourth-order valence-electron chi connectivity index (χ4n) is 1.76.